The maximum absolute atomic E-state index is 13.1. The van der Waals surface area contributed by atoms with Crippen molar-refractivity contribution in [2.75, 3.05) is 46.8 Å². The van der Waals surface area contributed by atoms with E-state index in [-0.39, 0.29) is 22.0 Å². The van der Waals surface area contributed by atoms with E-state index in [9.17, 15) is 14.4 Å². The van der Waals surface area contributed by atoms with E-state index in [0.29, 0.717) is 40.8 Å². The number of carbonyl (C=O) groups excluding carboxylic acids is 3. The molecule has 1 aromatic heterocycles. The number of rotatable bonds is 7. The molecule has 0 bridgehead atoms. The number of carbonyl (C=O) groups is 3. The van der Waals surface area contributed by atoms with E-state index in [0.717, 1.165) is 24.2 Å². The molecular weight excluding hydrogens is 436 g/mol. The van der Waals surface area contributed by atoms with Crippen LogP contribution in [0.3, 0.4) is 0 Å². The number of esters is 1. The van der Waals surface area contributed by atoms with Crippen LogP contribution in [0.15, 0.2) is 12.1 Å². The van der Waals surface area contributed by atoms with Crippen molar-refractivity contribution < 1.29 is 33.3 Å². The van der Waals surface area contributed by atoms with Gasteiger partial charge in [0.15, 0.2) is 11.5 Å². The van der Waals surface area contributed by atoms with Gasteiger partial charge in [-0.05, 0) is 37.5 Å². The molecule has 1 aromatic carbocycles. The molecule has 0 spiro atoms. The zero-order chi connectivity index (χ0) is 23.4. The zero-order valence-electron chi connectivity index (χ0n) is 18.7. The Hall–Kier alpha value is -3.27. The lowest BCUT2D eigenvalue weighted by atomic mass is 10.1. The van der Waals surface area contributed by atoms with Gasteiger partial charge in [0.2, 0.25) is 5.75 Å². The molecule has 0 atom stereocenters. The van der Waals surface area contributed by atoms with E-state index >= 15 is 0 Å². The Morgan fingerprint density at radius 1 is 0.969 bits per heavy atom. The first-order chi connectivity index (χ1) is 15.4. The predicted octanol–water partition coefficient (Wildman–Crippen LogP) is 3.36. The molecule has 3 rings (SSSR count). The van der Waals surface area contributed by atoms with Gasteiger partial charge < -0.3 is 29.2 Å². The van der Waals surface area contributed by atoms with Crippen molar-refractivity contribution in [3.05, 3.63) is 33.7 Å². The normalized spacial score (nSPS) is 13.0. The third-order valence-electron chi connectivity index (χ3n) is 5.28. The molecule has 1 aliphatic rings. The molecule has 1 saturated heterocycles. The van der Waals surface area contributed by atoms with Crippen molar-refractivity contribution in [1.29, 1.82) is 0 Å². The molecule has 2 heterocycles. The second-order valence-electron chi connectivity index (χ2n) is 7.12. The molecule has 0 aliphatic carbocycles. The van der Waals surface area contributed by atoms with Crippen LogP contribution in [0.2, 0.25) is 0 Å². The Labute approximate surface area is 190 Å². The number of nitrogens with one attached hydrogen (secondary N) is 1. The quantitative estimate of drug-likeness (QED) is 0.629. The first-order valence-electron chi connectivity index (χ1n) is 9.98. The average molecular weight is 463 g/mol. The average Bonchev–Trinajstić information content (AvgIpc) is 3.45. The maximum Gasteiger partial charge on any atom is 0.341 e. The minimum absolute atomic E-state index is 0.150. The summed E-state index contributed by atoms with van der Waals surface area (Å²) in [6, 6.07) is 3.01. The van der Waals surface area contributed by atoms with Crippen LogP contribution in [0.25, 0.3) is 0 Å². The minimum atomic E-state index is -0.626. The predicted molar refractivity (Wildman–Crippen MR) is 120 cm³/mol. The third-order valence-corrected chi connectivity index (χ3v) is 6.47. The molecule has 10 heteroatoms. The van der Waals surface area contributed by atoms with Crippen LogP contribution in [0.4, 0.5) is 5.00 Å². The van der Waals surface area contributed by atoms with Crippen LogP contribution in [-0.2, 0) is 4.74 Å². The molecule has 2 amide bonds. The van der Waals surface area contributed by atoms with Gasteiger partial charge in [-0.25, -0.2) is 4.79 Å². The van der Waals surface area contributed by atoms with Gasteiger partial charge in [0.05, 0.1) is 38.9 Å². The first-order valence-corrected chi connectivity index (χ1v) is 10.8. The number of anilines is 1. The minimum Gasteiger partial charge on any atom is -0.493 e. The SMILES string of the molecule is COC(=O)c1c(NC(=O)c2cc(OC)c(OC)c(OC)c2)sc(C(=O)N2CCCC2)c1C. The van der Waals surface area contributed by atoms with Gasteiger partial charge >= 0.3 is 5.97 Å². The Balaban J connectivity index is 1.99. The maximum atomic E-state index is 13.1. The largest absolute Gasteiger partial charge is 0.493 e. The van der Waals surface area contributed by atoms with Crippen molar-refractivity contribution >= 4 is 34.1 Å². The van der Waals surface area contributed by atoms with Gasteiger partial charge in [0, 0.05) is 18.7 Å². The highest BCUT2D eigenvalue weighted by Crippen LogP contribution is 2.39. The van der Waals surface area contributed by atoms with E-state index in [1.807, 2.05) is 0 Å². The lowest BCUT2D eigenvalue weighted by Crippen LogP contribution is -2.27. The number of hydrogen-bond acceptors (Lipinski definition) is 8. The highest BCUT2D eigenvalue weighted by molar-refractivity contribution is 7.18. The van der Waals surface area contributed by atoms with Crippen molar-refractivity contribution in [3.8, 4) is 17.2 Å². The van der Waals surface area contributed by atoms with E-state index in [1.54, 1.807) is 11.8 Å². The fourth-order valence-electron chi connectivity index (χ4n) is 3.60. The second-order valence-corrected chi connectivity index (χ2v) is 8.14. The summed E-state index contributed by atoms with van der Waals surface area (Å²) in [5.41, 5.74) is 0.883. The van der Waals surface area contributed by atoms with Crippen LogP contribution in [0, 0.1) is 6.92 Å². The van der Waals surface area contributed by atoms with E-state index < -0.39 is 11.9 Å². The summed E-state index contributed by atoms with van der Waals surface area (Å²) in [6.45, 7) is 3.04. The van der Waals surface area contributed by atoms with Gasteiger partial charge in [-0.3, -0.25) is 9.59 Å². The first kappa shape index (κ1) is 23.4. The summed E-state index contributed by atoms with van der Waals surface area (Å²) in [7, 11) is 5.63. The van der Waals surface area contributed by atoms with E-state index in [1.165, 1.54) is 40.6 Å². The van der Waals surface area contributed by atoms with Crippen LogP contribution >= 0.6 is 11.3 Å². The summed E-state index contributed by atoms with van der Waals surface area (Å²) in [4.78, 5) is 40.6. The van der Waals surface area contributed by atoms with Gasteiger partial charge in [0.25, 0.3) is 11.8 Å². The molecule has 0 radical (unpaired) electrons. The topological polar surface area (TPSA) is 103 Å². The molecule has 9 nitrogen and oxygen atoms in total. The summed E-state index contributed by atoms with van der Waals surface area (Å²) in [6.07, 6.45) is 1.90. The van der Waals surface area contributed by atoms with Crippen LogP contribution in [0.1, 0.15) is 48.8 Å². The molecule has 0 saturated carbocycles. The number of hydrogen-bond donors (Lipinski definition) is 1. The van der Waals surface area contributed by atoms with E-state index in [2.05, 4.69) is 5.32 Å². The number of likely N-dealkylation sites (tertiary alicyclic amines) is 1. The zero-order valence-corrected chi connectivity index (χ0v) is 19.5. The highest BCUT2D eigenvalue weighted by Gasteiger charge is 2.30. The lowest BCUT2D eigenvalue weighted by molar-refractivity contribution is 0.0601. The Morgan fingerprint density at radius 3 is 2.06 bits per heavy atom. The third kappa shape index (κ3) is 4.36. The number of amides is 2. The van der Waals surface area contributed by atoms with Crippen LogP contribution in [0.5, 0.6) is 17.2 Å². The van der Waals surface area contributed by atoms with Crippen molar-refractivity contribution in [3.63, 3.8) is 0 Å². The molecule has 2 aromatic rings. The Kier molecular flexibility index (Phi) is 7.24. The van der Waals surface area contributed by atoms with Crippen molar-refractivity contribution in [2.24, 2.45) is 0 Å². The monoisotopic (exact) mass is 462 g/mol. The molecular formula is C22H26N2O7S. The van der Waals surface area contributed by atoms with Crippen LogP contribution in [-0.4, -0.2) is 64.2 Å². The molecule has 32 heavy (non-hydrogen) atoms. The molecule has 1 N–H and O–H groups in total. The van der Waals surface area contributed by atoms with Gasteiger partial charge in [-0.15, -0.1) is 11.3 Å². The fraction of sp³-hybridized carbons (Fsp3) is 0.409. The fourth-order valence-corrected chi connectivity index (χ4v) is 4.76. The second kappa shape index (κ2) is 9.90. The smallest absolute Gasteiger partial charge is 0.341 e. The molecule has 0 unspecified atom stereocenters. The van der Waals surface area contributed by atoms with Crippen LogP contribution < -0.4 is 19.5 Å². The van der Waals surface area contributed by atoms with Gasteiger partial charge in [-0.1, -0.05) is 0 Å². The van der Waals surface area contributed by atoms with E-state index in [4.69, 9.17) is 18.9 Å². The van der Waals surface area contributed by atoms with Crippen molar-refractivity contribution in [2.45, 2.75) is 19.8 Å². The Bertz CT molecular complexity index is 1020. The summed E-state index contributed by atoms with van der Waals surface area (Å²) in [5, 5.41) is 2.99. The molecule has 172 valence electrons. The summed E-state index contributed by atoms with van der Waals surface area (Å²) < 4.78 is 20.8. The number of methoxy groups -OCH3 is 4. The van der Waals surface area contributed by atoms with Crippen molar-refractivity contribution in [1.82, 2.24) is 4.90 Å². The lowest BCUT2D eigenvalue weighted by Gasteiger charge is -2.14. The summed E-state index contributed by atoms with van der Waals surface area (Å²) in [5.74, 6) is -0.291. The number of ether oxygens (including phenoxy) is 4. The van der Waals surface area contributed by atoms with Gasteiger partial charge in [0.1, 0.15) is 5.00 Å². The Morgan fingerprint density at radius 2 is 1.56 bits per heavy atom. The molecule has 1 fully saturated rings. The molecule has 1 aliphatic heterocycles. The number of thiophene rings is 1. The number of benzene rings is 1. The highest BCUT2D eigenvalue weighted by atomic mass is 32.1. The number of nitrogens with zero attached hydrogens (tertiary/aromatic N) is 1. The van der Waals surface area contributed by atoms with Gasteiger partial charge in [-0.2, -0.15) is 0 Å². The summed E-state index contributed by atoms with van der Waals surface area (Å²) >= 11 is 1.06. The standard InChI is InChI=1S/C22H26N2O7S/c1-12-16(22(27)31-5)20(32-18(12)21(26)24-8-6-7-9-24)23-19(25)13-10-14(28-2)17(30-4)15(11-13)29-3/h10-11H,6-9H2,1-5H3,(H,23,25).